The molecule has 0 radical (unpaired) electrons. The molecule has 1 aliphatic heterocycles. The van der Waals surface area contributed by atoms with E-state index in [9.17, 15) is 28.8 Å². The molecular formula is C50H68N8O7. The lowest BCUT2D eigenvalue weighted by molar-refractivity contribution is -0.147. The summed E-state index contributed by atoms with van der Waals surface area (Å²) >= 11 is 0. The topological polar surface area (TPSA) is 190 Å². The van der Waals surface area contributed by atoms with E-state index in [-0.39, 0.29) is 92.5 Å². The maximum atomic E-state index is 14.4. The van der Waals surface area contributed by atoms with E-state index in [4.69, 9.17) is 4.74 Å². The van der Waals surface area contributed by atoms with Crippen LogP contribution in [0.4, 0.5) is 0 Å². The monoisotopic (exact) mass is 893 g/mol. The van der Waals surface area contributed by atoms with Crippen LogP contribution < -0.4 is 36.7 Å². The third-order valence-corrected chi connectivity index (χ3v) is 12.8. The van der Waals surface area contributed by atoms with Crippen LogP contribution in [0.25, 0.3) is 0 Å². The number of likely N-dealkylation sites (N-methyl/N-ethyl adjacent to an activating group) is 2. The van der Waals surface area contributed by atoms with Gasteiger partial charge in [0.05, 0.1) is 25.7 Å². The Morgan fingerprint density at radius 2 is 1.48 bits per heavy atom. The molecule has 3 aromatic carbocycles. The SMILES string of the molecule is CNCC(=O)NC(C(=O)N1C[C@@H](NC(=O)c2ccc(COc3ccc(CN(NC(=O)CNC)C(=O)[C@H]4CCCCC4C)cc3)cc2)CC1C(=O)NC1CCCc2ccccc21)C(C)(C)C. The number of aryl methyl sites for hydroxylation is 1. The highest BCUT2D eigenvalue weighted by Gasteiger charge is 2.46. The van der Waals surface area contributed by atoms with Gasteiger partial charge in [0.1, 0.15) is 24.4 Å². The molecule has 15 nitrogen and oxygen atoms in total. The lowest BCUT2D eigenvalue weighted by atomic mass is 9.80. The summed E-state index contributed by atoms with van der Waals surface area (Å²) in [5.74, 6) is -0.940. The number of hydrazine groups is 1. The van der Waals surface area contributed by atoms with Crippen LogP contribution in [0.15, 0.2) is 72.8 Å². The minimum Gasteiger partial charge on any atom is -0.489 e. The molecule has 1 heterocycles. The summed E-state index contributed by atoms with van der Waals surface area (Å²) in [5, 5.41) is 16.3. The fourth-order valence-electron chi connectivity index (χ4n) is 9.26. The van der Waals surface area contributed by atoms with Crippen molar-refractivity contribution in [2.75, 3.05) is 33.7 Å². The Bertz CT molecular complexity index is 2140. The zero-order chi connectivity index (χ0) is 46.7. The number of hydrogen-bond acceptors (Lipinski definition) is 9. The number of carbonyl (C=O) groups is 6. The van der Waals surface area contributed by atoms with Crippen LogP contribution in [-0.4, -0.2) is 97.2 Å². The number of ether oxygens (including phenoxy) is 1. The van der Waals surface area contributed by atoms with Gasteiger partial charge in [-0.1, -0.05) is 89.1 Å². The first-order chi connectivity index (χ1) is 31.1. The van der Waals surface area contributed by atoms with Gasteiger partial charge in [-0.15, -0.1) is 0 Å². The number of nitrogens with zero attached hydrogens (tertiary/aromatic N) is 2. The molecular weight excluding hydrogens is 825 g/mol. The summed E-state index contributed by atoms with van der Waals surface area (Å²) in [4.78, 5) is 82.7. The molecule has 15 heteroatoms. The minimum absolute atomic E-state index is 0.0329. The fraction of sp³-hybridized carbons (Fsp3) is 0.520. The highest BCUT2D eigenvalue weighted by atomic mass is 16.5. The third-order valence-electron chi connectivity index (χ3n) is 12.8. The maximum absolute atomic E-state index is 14.4. The van der Waals surface area contributed by atoms with E-state index in [0.29, 0.717) is 11.3 Å². The highest BCUT2D eigenvalue weighted by Crippen LogP contribution is 2.33. The second kappa shape index (κ2) is 22.4. The third kappa shape index (κ3) is 12.9. The van der Waals surface area contributed by atoms with Crippen LogP contribution in [-0.2, 0) is 43.5 Å². The van der Waals surface area contributed by atoms with Crippen molar-refractivity contribution in [1.82, 2.24) is 41.9 Å². The van der Waals surface area contributed by atoms with Crippen molar-refractivity contribution in [3.05, 3.63) is 101 Å². The van der Waals surface area contributed by atoms with Gasteiger partial charge in [-0.2, -0.15) is 0 Å². The molecule has 65 heavy (non-hydrogen) atoms. The predicted octanol–water partition coefficient (Wildman–Crippen LogP) is 4.31. The summed E-state index contributed by atoms with van der Waals surface area (Å²) in [5.41, 5.74) is 6.51. The number of nitrogens with one attached hydrogen (secondary N) is 6. The van der Waals surface area contributed by atoms with E-state index >= 15 is 0 Å². The molecule has 3 aliphatic rings. The Kier molecular flexibility index (Phi) is 16.8. The molecule has 6 rings (SSSR count). The Morgan fingerprint density at radius 3 is 2.17 bits per heavy atom. The molecule has 0 bridgehead atoms. The lowest BCUT2D eigenvalue weighted by Gasteiger charge is -2.36. The lowest BCUT2D eigenvalue weighted by Crippen LogP contribution is -2.58. The van der Waals surface area contributed by atoms with Gasteiger partial charge < -0.3 is 36.2 Å². The first-order valence-corrected chi connectivity index (χ1v) is 23.1. The van der Waals surface area contributed by atoms with Gasteiger partial charge in [0.2, 0.25) is 23.6 Å². The molecule has 1 saturated heterocycles. The number of benzene rings is 3. The molecule has 350 valence electrons. The Morgan fingerprint density at radius 1 is 0.800 bits per heavy atom. The number of likely N-dealkylation sites (tertiary alicyclic amines) is 1. The number of fused-ring (bicyclic) bond motifs is 1. The summed E-state index contributed by atoms with van der Waals surface area (Å²) in [7, 11) is 3.34. The van der Waals surface area contributed by atoms with Crippen LogP contribution >= 0.6 is 0 Å². The van der Waals surface area contributed by atoms with Gasteiger partial charge in [0.25, 0.3) is 11.8 Å². The smallest absolute Gasteiger partial charge is 0.252 e. The van der Waals surface area contributed by atoms with Crippen LogP contribution in [0.2, 0.25) is 0 Å². The summed E-state index contributed by atoms with van der Waals surface area (Å²) < 4.78 is 6.07. The van der Waals surface area contributed by atoms with Crippen molar-refractivity contribution in [2.24, 2.45) is 17.3 Å². The molecule has 1 saturated carbocycles. The van der Waals surface area contributed by atoms with Crippen molar-refractivity contribution >= 4 is 35.4 Å². The second-order valence-electron chi connectivity index (χ2n) is 18.9. The van der Waals surface area contributed by atoms with Crippen molar-refractivity contribution < 1.29 is 33.5 Å². The Balaban J connectivity index is 1.08. The molecule has 0 aromatic heterocycles. The van der Waals surface area contributed by atoms with E-state index in [0.717, 1.165) is 61.6 Å². The summed E-state index contributed by atoms with van der Waals surface area (Å²) in [6, 6.07) is 20.1. The fourth-order valence-corrected chi connectivity index (χ4v) is 9.26. The van der Waals surface area contributed by atoms with Crippen LogP contribution in [0.5, 0.6) is 5.75 Å². The zero-order valence-electron chi connectivity index (χ0n) is 38.8. The normalized spacial score (nSPS) is 21.0. The maximum Gasteiger partial charge on any atom is 0.252 e. The molecule has 2 aliphatic carbocycles. The first-order valence-electron chi connectivity index (χ1n) is 23.1. The van der Waals surface area contributed by atoms with E-state index in [1.807, 2.05) is 75.4 Å². The van der Waals surface area contributed by atoms with Gasteiger partial charge >= 0.3 is 0 Å². The average molecular weight is 893 g/mol. The van der Waals surface area contributed by atoms with Gasteiger partial charge in [-0.25, -0.2) is 5.01 Å². The molecule has 6 N–H and O–H groups in total. The number of carbonyl (C=O) groups excluding carboxylic acids is 6. The van der Waals surface area contributed by atoms with Crippen LogP contribution in [0.3, 0.4) is 0 Å². The van der Waals surface area contributed by atoms with Gasteiger partial charge in [-0.3, -0.25) is 34.2 Å². The summed E-state index contributed by atoms with van der Waals surface area (Å²) in [6.07, 6.45) is 6.79. The molecule has 4 unspecified atom stereocenters. The van der Waals surface area contributed by atoms with Gasteiger partial charge in [0, 0.05) is 24.1 Å². The molecule has 2 fully saturated rings. The van der Waals surface area contributed by atoms with E-state index in [1.54, 1.807) is 26.2 Å². The van der Waals surface area contributed by atoms with Crippen molar-refractivity contribution in [3.8, 4) is 5.75 Å². The quantitative estimate of drug-likeness (QED) is 0.114. The zero-order valence-corrected chi connectivity index (χ0v) is 38.8. The molecule has 3 aromatic rings. The molecule has 0 spiro atoms. The standard InChI is InChI=1S/C50H68N8O7/c1-32-12-7-9-15-39(32)48(63)58(56-44(60)28-52-6)29-33-20-24-38(25-21-33)65-31-34-18-22-36(23-19-34)46(61)53-37-26-42(47(62)54-41-17-11-14-35-13-8-10-16-40(35)41)57(30-37)49(64)45(50(2,3)4)55-43(59)27-51-5/h8,10,13,16,18-25,32,37,39,41-42,45,51-52H,7,9,11-12,14-15,17,26-31H2,1-6H3,(H,53,61)(H,54,62)(H,55,59)(H,56,60)/t32?,37-,39-,41?,42?,45?/m0/s1. The largest absolute Gasteiger partial charge is 0.489 e. The van der Waals surface area contributed by atoms with Crippen molar-refractivity contribution in [1.29, 1.82) is 0 Å². The van der Waals surface area contributed by atoms with Crippen molar-refractivity contribution in [2.45, 2.75) is 116 Å². The number of hydrogen-bond donors (Lipinski definition) is 6. The van der Waals surface area contributed by atoms with Crippen LogP contribution in [0, 0.1) is 17.3 Å². The Hall–Kier alpha value is -5.80. The second-order valence-corrected chi connectivity index (χ2v) is 18.9. The highest BCUT2D eigenvalue weighted by molar-refractivity contribution is 5.96. The van der Waals surface area contributed by atoms with Crippen LogP contribution in [0.1, 0.15) is 111 Å². The molecule has 6 amide bonds. The van der Waals surface area contributed by atoms with E-state index in [1.165, 1.54) is 15.5 Å². The number of rotatable bonds is 16. The average Bonchev–Trinajstić information content (AvgIpc) is 3.71. The summed E-state index contributed by atoms with van der Waals surface area (Å²) in [6.45, 7) is 8.42. The van der Waals surface area contributed by atoms with Gasteiger partial charge in [-0.05, 0) is 110 Å². The predicted molar refractivity (Wildman–Crippen MR) is 248 cm³/mol. The van der Waals surface area contributed by atoms with E-state index in [2.05, 4.69) is 45.0 Å². The van der Waals surface area contributed by atoms with E-state index < -0.39 is 23.5 Å². The Labute approximate surface area is 383 Å². The minimum atomic E-state index is -0.908. The van der Waals surface area contributed by atoms with Crippen molar-refractivity contribution in [3.63, 3.8) is 0 Å². The van der Waals surface area contributed by atoms with Gasteiger partial charge in [0.15, 0.2) is 0 Å². The number of amides is 6. The first kappa shape index (κ1) is 48.7. The molecule has 6 atom stereocenters.